The Morgan fingerprint density at radius 2 is 1.85 bits per heavy atom. The number of nitrogens with two attached hydrogens (primary N) is 1. The minimum absolute atomic E-state index is 0.00571. The van der Waals surface area contributed by atoms with Crippen molar-refractivity contribution in [2.75, 3.05) is 37.6 Å². The summed E-state index contributed by atoms with van der Waals surface area (Å²) in [6.07, 6.45) is 0.881. The van der Waals surface area contributed by atoms with Crippen LogP contribution in [0, 0.1) is 0 Å². The standard InChI is InChI=1S/C18H28N4O4S/c1-4-13(2)20-18(24)12-21-7-9-22(10-8-21)16-6-5-15(14(3)23)11-17(16)27(19,25)26/h5-6,11,13H,4,7-10,12H2,1-3H3,(H,20,24)(H2,19,25,26)/t13-/m1/s1. The molecule has 1 aromatic carbocycles. The van der Waals surface area contributed by atoms with E-state index in [0.29, 0.717) is 44.0 Å². The van der Waals surface area contributed by atoms with Crippen molar-refractivity contribution >= 4 is 27.4 Å². The maximum atomic E-state index is 12.0. The summed E-state index contributed by atoms with van der Waals surface area (Å²) in [7, 11) is -3.96. The summed E-state index contributed by atoms with van der Waals surface area (Å²) in [6, 6.07) is 4.72. The highest BCUT2D eigenvalue weighted by Crippen LogP contribution is 2.27. The van der Waals surface area contributed by atoms with E-state index in [1.165, 1.54) is 13.0 Å². The summed E-state index contributed by atoms with van der Waals surface area (Å²) in [4.78, 5) is 27.5. The molecular weight excluding hydrogens is 368 g/mol. The van der Waals surface area contributed by atoms with Crippen LogP contribution in [-0.4, -0.2) is 63.8 Å². The lowest BCUT2D eigenvalue weighted by Crippen LogP contribution is -2.50. The lowest BCUT2D eigenvalue weighted by Gasteiger charge is -2.36. The van der Waals surface area contributed by atoms with Crippen LogP contribution in [0.3, 0.4) is 0 Å². The number of primary sulfonamides is 1. The molecule has 0 radical (unpaired) electrons. The van der Waals surface area contributed by atoms with Gasteiger partial charge in [-0.3, -0.25) is 14.5 Å². The molecule has 1 aromatic rings. The average Bonchev–Trinajstić information content (AvgIpc) is 2.60. The van der Waals surface area contributed by atoms with E-state index in [1.54, 1.807) is 12.1 Å². The van der Waals surface area contributed by atoms with Crippen molar-refractivity contribution in [3.8, 4) is 0 Å². The Morgan fingerprint density at radius 3 is 2.37 bits per heavy atom. The van der Waals surface area contributed by atoms with Crippen LogP contribution in [-0.2, 0) is 14.8 Å². The van der Waals surface area contributed by atoms with Crippen LogP contribution in [0.25, 0.3) is 0 Å². The fraction of sp³-hybridized carbons (Fsp3) is 0.556. The van der Waals surface area contributed by atoms with Gasteiger partial charge < -0.3 is 10.2 Å². The minimum atomic E-state index is -3.96. The zero-order valence-corrected chi connectivity index (χ0v) is 16.9. The Kier molecular flexibility index (Phi) is 6.96. The Morgan fingerprint density at radius 1 is 1.22 bits per heavy atom. The summed E-state index contributed by atoms with van der Waals surface area (Å²) in [5.41, 5.74) is 0.800. The Bertz CT molecular complexity index is 802. The first kappa shape index (κ1) is 21.3. The molecule has 1 amide bonds. The molecule has 0 bridgehead atoms. The van der Waals surface area contributed by atoms with Gasteiger partial charge in [-0.2, -0.15) is 0 Å². The second-order valence-electron chi connectivity index (χ2n) is 6.92. The molecule has 3 N–H and O–H groups in total. The monoisotopic (exact) mass is 396 g/mol. The van der Waals surface area contributed by atoms with Crippen molar-refractivity contribution in [2.24, 2.45) is 5.14 Å². The van der Waals surface area contributed by atoms with E-state index < -0.39 is 10.0 Å². The number of amides is 1. The number of ketones is 1. The van der Waals surface area contributed by atoms with E-state index in [0.717, 1.165) is 6.42 Å². The second-order valence-corrected chi connectivity index (χ2v) is 8.45. The highest BCUT2D eigenvalue weighted by atomic mass is 32.2. The molecule has 1 fully saturated rings. The molecule has 0 unspecified atom stereocenters. The predicted octanol–water partition coefficient (Wildman–Crippen LogP) is 0.573. The number of Topliss-reactive ketones (excluding diaryl/α,β-unsaturated/α-hetero) is 1. The van der Waals surface area contributed by atoms with Crippen LogP contribution < -0.4 is 15.4 Å². The van der Waals surface area contributed by atoms with Crippen molar-refractivity contribution in [3.05, 3.63) is 23.8 Å². The number of anilines is 1. The van der Waals surface area contributed by atoms with E-state index in [9.17, 15) is 18.0 Å². The summed E-state index contributed by atoms with van der Waals surface area (Å²) in [5.74, 6) is -0.225. The minimum Gasteiger partial charge on any atom is -0.368 e. The lowest BCUT2D eigenvalue weighted by atomic mass is 10.1. The number of carbonyl (C=O) groups is 2. The summed E-state index contributed by atoms with van der Waals surface area (Å²) in [6.45, 7) is 8.09. The third-order valence-electron chi connectivity index (χ3n) is 4.77. The van der Waals surface area contributed by atoms with Gasteiger partial charge in [-0.05, 0) is 38.5 Å². The summed E-state index contributed by atoms with van der Waals surface area (Å²) < 4.78 is 24.0. The maximum Gasteiger partial charge on any atom is 0.240 e. The molecule has 150 valence electrons. The largest absolute Gasteiger partial charge is 0.368 e. The van der Waals surface area contributed by atoms with Crippen LogP contribution >= 0.6 is 0 Å². The molecule has 2 rings (SSSR count). The molecule has 9 heteroatoms. The van der Waals surface area contributed by atoms with Crippen LogP contribution in [0.2, 0.25) is 0 Å². The highest BCUT2D eigenvalue weighted by molar-refractivity contribution is 7.89. The number of carbonyl (C=O) groups excluding carboxylic acids is 2. The van der Waals surface area contributed by atoms with E-state index in [2.05, 4.69) is 5.32 Å². The number of rotatable bonds is 7. The van der Waals surface area contributed by atoms with Gasteiger partial charge in [-0.15, -0.1) is 0 Å². The maximum absolute atomic E-state index is 12.0. The van der Waals surface area contributed by atoms with Crippen molar-refractivity contribution in [1.82, 2.24) is 10.2 Å². The quantitative estimate of drug-likeness (QED) is 0.652. The zero-order valence-electron chi connectivity index (χ0n) is 16.1. The smallest absolute Gasteiger partial charge is 0.240 e. The van der Waals surface area contributed by atoms with Crippen LogP contribution in [0.15, 0.2) is 23.1 Å². The van der Waals surface area contributed by atoms with Gasteiger partial charge in [0.2, 0.25) is 15.9 Å². The molecule has 27 heavy (non-hydrogen) atoms. The van der Waals surface area contributed by atoms with Gasteiger partial charge in [-0.25, -0.2) is 13.6 Å². The predicted molar refractivity (Wildman–Crippen MR) is 104 cm³/mol. The number of sulfonamides is 1. The molecule has 1 atom stereocenters. The Balaban J connectivity index is 2.07. The van der Waals surface area contributed by atoms with E-state index in [1.807, 2.05) is 23.6 Å². The average molecular weight is 397 g/mol. The van der Waals surface area contributed by atoms with Gasteiger partial charge in [0.15, 0.2) is 5.78 Å². The summed E-state index contributed by atoms with van der Waals surface area (Å²) in [5, 5.41) is 8.30. The van der Waals surface area contributed by atoms with Gasteiger partial charge in [0.1, 0.15) is 4.90 Å². The van der Waals surface area contributed by atoms with E-state index in [4.69, 9.17) is 5.14 Å². The van der Waals surface area contributed by atoms with Crippen molar-refractivity contribution < 1.29 is 18.0 Å². The molecular formula is C18H28N4O4S. The molecule has 0 spiro atoms. The SMILES string of the molecule is CC[C@@H](C)NC(=O)CN1CCN(c2ccc(C(C)=O)cc2S(N)(=O)=O)CC1. The molecule has 1 heterocycles. The van der Waals surface area contributed by atoms with Crippen molar-refractivity contribution in [3.63, 3.8) is 0 Å². The first-order valence-electron chi connectivity index (χ1n) is 9.06. The number of nitrogens with one attached hydrogen (secondary N) is 1. The molecule has 1 aliphatic rings. The fourth-order valence-corrected chi connectivity index (χ4v) is 3.77. The number of hydrogen-bond acceptors (Lipinski definition) is 6. The molecule has 0 saturated carbocycles. The molecule has 1 aliphatic heterocycles. The van der Waals surface area contributed by atoms with Gasteiger partial charge in [-0.1, -0.05) is 6.92 Å². The van der Waals surface area contributed by atoms with Crippen LogP contribution in [0.1, 0.15) is 37.6 Å². The zero-order chi connectivity index (χ0) is 20.2. The molecule has 0 aromatic heterocycles. The van der Waals surface area contributed by atoms with Crippen molar-refractivity contribution in [2.45, 2.75) is 38.1 Å². The second kappa shape index (κ2) is 8.81. The normalized spacial score (nSPS) is 16.8. The van der Waals surface area contributed by atoms with Gasteiger partial charge in [0, 0.05) is 37.8 Å². The number of piperazine rings is 1. The third kappa shape index (κ3) is 5.75. The summed E-state index contributed by atoms with van der Waals surface area (Å²) >= 11 is 0. The first-order chi connectivity index (χ1) is 12.6. The van der Waals surface area contributed by atoms with Gasteiger partial charge in [0.05, 0.1) is 12.2 Å². The number of benzene rings is 1. The third-order valence-corrected chi connectivity index (χ3v) is 5.71. The Labute approximate surface area is 160 Å². The highest BCUT2D eigenvalue weighted by Gasteiger charge is 2.24. The Hall–Kier alpha value is -1.97. The molecule has 0 aliphatic carbocycles. The topological polar surface area (TPSA) is 113 Å². The molecule has 8 nitrogen and oxygen atoms in total. The van der Waals surface area contributed by atoms with Crippen LogP contribution in [0.5, 0.6) is 0 Å². The number of nitrogens with zero attached hydrogens (tertiary/aromatic N) is 2. The van der Waals surface area contributed by atoms with E-state index >= 15 is 0 Å². The van der Waals surface area contributed by atoms with Gasteiger partial charge >= 0.3 is 0 Å². The van der Waals surface area contributed by atoms with Crippen molar-refractivity contribution in [1.29, 1.82) is 0 Å². The van der Waals surface area contributed by atoms with Crippen LogP contribution in [0.4, 0.5) is 5.69 Å². The molecule has 1 saturated heterocycles. The van der Waals surface area contributed by atoms with E-state index in [-0.39, 0.29) is 22.6 Å². The fourth-order valence-electron chi connectivity index (χ4n) is 2.99. The first-order valence-corrected chi connectivity index (χ1v) is 10.6. The lowest BCUT2D eigenvalue weighted by molar-refractivity contribution is -0.122. The number of hydrogen-bond donors (Lipinski definition) is 2. The van der Waals surface area contributed by atoms with Gasteiger partial charge in [0.25, 0.3) is 0 Å².